The van der Waals surface area contributed by atoms with Crippen molar-refractivity contribution < 1.29 is 44.0 Å². The van der Waals surface area contributed by atoms with Crippen LogP contribution in [0.5, 0.6) is 5.75 Å². The number of benzene rings is 4. The van der Waals surface area contributed by atoms with Gasteiger partial charge in [-0.25, -0.2) is 0 Å². The molecule has 41 heavy (non-hydrogen) atoms. The summed E-state index contributed by atoms with van der Waals surface area (Å²) in [5.74, 6) is -0.943. The average Bonchev–Trinajstić information content (AvgIpc) is 2.86. The molecule has 0 aliphatic rings. The van der Waals surface area contributed by atoms with Gasteiger partial charge >= 0.3 is 0 Å². The van der Waals surface area contributed by atoms with Crippen molar-refractivity contribution in [3.05, 3.63) is 65.7 Å². The van der Waals surface area contributed by atoms with Crippen molar-refractivity contribution >= 4 is 81.2 Å². The highest BCUT2D eigenvalue weighted by Gasteiger charge is 2.28. The van der Waals surface area contributed by atoms with Gasteiger partial charge in [0.1, 0.15) is 26.9 Å². The largest absolute Gasteiger partial charge is 0.505 e. The number of anilines is 1. The first-order valence-electron chi connectivity index (χ1n) is 10.7. The summed E-state index contributed by atoms with van der Waals surface area (Å²) in [4.78, 5) is -2.50. The molecule has 214 valence electrons. The maximum Gasteiger partial charge on any atom is 0.296 e. The Morgan fingerprint density at radius 1 is 0.683 bits per heavy atom. The van der Waals surface area contributed by atoms with Crippen LogP contribution >= 0.6 is 11.6 Å². The maximum absolute atomic E-state index is 12.2. The van der Waals surface area contributed by atoms with Gasteiger partial charge in [0, 0.05) is 0 Å². The highest BCUT2D eigenvalue weighted by Crippen LogP contribution is 2.48. The van der Waals surface area contributed by atoms with Gasteiger partial charge in [-0.15, -0.1) is 15.3 Å². The molecule has 0 aliphatic heterocycles. The predicted octanol–water partition coefficient (Wildman–Crippen LogP) is 5.35. The van der Waals surface area contributed by atoms with E-state index in [-0.39, 0.29) is 21.8 Å². The molecule has 4 aromatic rings. The first-order chi connectivity index (χ1) is 19.0. The molecule has 0 aliphatic carbocycles. The lowest BCUT2D eigenvalue weighted by atomic mass is 10.1. The molecule has 0 unspecified atom stereocenters. The number of phenols is 1. The third kappa shape index (κ3) is 6.33. The molecule has 19 heteroatoms. The van der Waals surface area contributed by atoms with Gasteiger partial charge in [0.25, 0.3) is 30.4 Å². The van der Waals surface area contributed by atoms with E-state index >= 15 is 0 Å². The highest BCUT2D eigenvalue weighted by molar-refractivity contribution is 7.86. The summed E-state index contributed by atoms with van der Waals surface area (Å²) < 4.78 is 100.0. The van der Waals surface area contributed by atoms with Gasteiger partial charge in [-0.3, -0.25) is 13.7 Å². The molecule has 0 radical (unpaired) electrons. The van der Waals surface area contributed by atoms with Crippen LogP contribution in [0.25, 0.3) is 10.8 Å². The lowest BCUT2D eigenvalue weighted by Crippen LogP contribution is -2.03. The molecule has 0 aromatic heterocycles. The van der Waals surface area contributed by atoms with Gasteiger partial charge in [0.05, 0.1) is 26.7 Å². The van der Waals surface area contributed by atoms with E-state index in [0.29, 0.717) is 6.07 Å². The summed E-state index contributed by atoms with van der Waals surface area (Å²) >= 11 is 5.99. The van der Waals surface area contributed by atoms with Crippen LogP contribution in [0.3, 0.4) is 0 Å². The second kappa shape index (κ2) is 10.7. The molecule has 0 amide bonds. The molecule has 0 atom stereocenters. The third-order valence-corrected chi connectivity index (χ3v) is 8.25. The topological polar surface area (TPSA) is 259 Å². The second-order valence-corrected chi connectivity index (χ2v) is 12.7. The normalized spacial score (nSPS) is 13.0. The van der Waals surface area contributed by atoms with Gasteiger partial charge in [-0.2, -0.15) is 30.4 Å². The van der Waals surface area contributed by atoms with Crippen molar-refractivity contribution in [3.63, 3.8) is 0 Å². The van der Waals surface area contributed by atoms with Gasteiger partial charge in [-0.05, 0) is 47.9 Å². The zero-order valence-electron chi connectivity index (χ0n) is 20.0. The number of fused-ring (bicyclic) bond motifs is 1. The first-order valence-corrected chi connectivity index (χ1v) is 15.4. The summed E-state index contributed by atoms with van der Waals surface area (Å²) in [5.41, 5.74) is 4.04. The van der Waals surface area contributed by atoms with Crippen LogP contribution in [0, 0.1) is 0 Å². The molecule has 4 aromatic carbocycles. The number of hydrogen-bond donors (Lipinski definition) is 5. The SMILES string of the molecule is Nc1c(N=Nc2ccc(S(=O)(=O)O)cc2Cl)c(S(=O)(=O)O)cc2cc(S(=O)(=O)O)c(N=Nc3ccccc3)c(O)c12. The molecule has 0 fully saturated rings. The van der Waals surface area contributed by atoms with Crippen LogP contribution in [0.1, 0.15) is 0 Å². The number of aromatic hydroxyl groups is 1. The monoisotopic (exact) mass is 641 g/mol. The van der Waals surface area contributed by atoms with Crippen LogP contribution in [0.2, 0.25) is 5.02 Å². The quantitative estimate of drug-likeness (QED) is 0.0974. The van der Waals surface area contributed by atoms with Crippen molar-refractivity contribution in [2.75, 3.05) is 5.73 Å². The van der Waals surface area contributed by atoms with E-state index in [1.165, 1.54) is 12.1 Å². The number of halogens is 1. The van der Waals surface area contributed by atoms with Gasteiger partial charge in [0.2, 0.25) is 0 Å². The lowest BCUT2D eigenvalue weighted by molar-refractivity contribution is 0.472. The van der Waals surface area contributed by atoms with E-state index < -0.39 is 73.2 Å². The van der Waals surface area contributed by atoms with Crippen molar-refractivity contribution in [1.82, 2.24) is 0 Å². The molecule has 0 heterocycles. The zero-order chi connectivity index (χ0) is 30.3. The number of rotatable bonds is 7. The molecule has 6 N–H and O–H groups in total. The van der Waals surface area contributed by atoms with Crippen molar-refractivity contribution in [2.24, 2.45) is 20.5 Å². The molecule has 0 spiro atoms. The Morgan fingerprint density at radius 2 is 1.24 bits per heavy atom. The fourth-order valence-corrected chi connectivity index (χ4v) is 5.66. The second-order valence-electron chi connectivity index (χ2n) is 8.08. The average molecular weight is 642 g/mol. The van der Waals surface area contributed by atoms with Crippen LogP contribution in [-0.4, -0.2) is 44.0 Å². The van der Waals surface area contributed by atoms with Crippen molar-refractivity contribution in [3.8, 4) is 5.75 Å². The Hall–Kier alpha value is -4.04. The number of azo groups is 2. The highest BCUT2D eigenvalue weighted by atomic mass is 35.5. The van der Waals surface area contributed by atoms with Crippen LogP contribution in [-0.2, 0) is 30.4 Å². The van der Waals surface area contributed by atoms with E-state index in [1.54, 1.807) is 18.2 Å². The lowest BCUT2D eigenvalue weighted by Gasteiger charge is -2.14. The van der Waals surface area contributed by atoms with Crippen LogP contribution in [0.4, 0.5) is 28.4 Å². The van der Waals surface area contributed by atoms with Gasteiger partial charge in [-0.1, -0.05) is 29.8 Å². The zero-order valence-corrected chi connectivity index (χ0v) is 23.2. The molecule has 0 saturated carbocycles. The van der Waals surface area contributed by atoms with E-state index in [0.717, 1.165) is 24.3 Å². The number of phenolic OH excluding ortho intramolecular Hbond substituents is 1. The number of nitrogen functional groups attached to an aromatic ring is 1. The standard InChI is InChI=1S/C22H16ClN5O10S3/c23-14-10-13(39(30,31)32)6-7-15(14)26-27-20-16(40(33,34)35)8-11-9-17(41(36,37)38)21(22(29)18(11)19(20)24)28-25-12-4-2-1-3-5-12/h1-10,29H,24H2,(H,30,31,32)(H,33,34,35)(H,36,37,38). The Bertz CT molecular complexity index is 2100. The fraction of sp³-hybridized carbons (Fsp3) is 0. The minimum atomic E-state index is -5.12. The van der Waals surface area contributed by atoms with Crippen molar-refractivity contribution in [2.45, 2.75) is 14.7 Å². The maximum atomic E-state index is 12.2. The van der Waals surface area contributed by atoms with E-state index in [4.69, 9.17) is 21.9 Å². The van der Waals surface area contributed by atoms with Crippen molar-refractivity contribution in [1.29, 1.82) is 0 Å². The smallest absolute Gasteiger partial charge is 0.296 e. The number of nitrogens with zero attached hydrogens (tertiary/aromatic N) is 4. The Kier molecular flexibility index (Phi) is 7.84. The van der Waals surface area contributed by atoms with E-state index in [9.17, 15) is 39.5 Å². The van der Waals surface area contributed by atoms with Gasteiger partial charge < -0.3 is 10.8 Å². The van der Waals surface area contributed by atoms with E-state index in [2.05, 4.69) is 20.5 Å². The number of hydrogen-bond acceptors (Lipinski definition) is 12. The Labute approximate surface area is 236 Å². The van der Waals surface area contributed by atoms with Crippen LogP contribution in [0.15, 0.2) is 95.8 Å². The minimum Gasteiger partial charge on any atom is -0.505 e. The molecule has 0 saturated heterocycles. The molecule has 4 rings (SSSR count). The molecule has 0 bridgehead atoms. The molecule has 15 nitrogen and oxygen atoms in total. The summed E-state index contributed by atoms with van der Waals surface area (Å²) in [6.07, 6.45) is 0. The summed E-state index contributed by atoms with van der Waals surface area (Å²) in [6, 6.07) is 12.2. The summed E-state index contributed by atoms with van der Waals surface area (Å²) in [7, 11) is -14.8. The van der Waals surface area contributed by atoms with Crippen LogP contribution < -0.4 is 5.73 Å². The molecular formula is C22H16ClN5O10S3. The first kappa shape index (κ1) is 29.9. The van der Waals surface area contributed by atoms with Gasteiger partial charge in [0.15, 0.2) is 5.75 Å². The molecular weight excluding hydrogens is 626 g/mol. The Morgan fingerprint density at radius 3 is 1.78 bits per heavy atom. The summed E-state index contributed by atoms with van der Waals surface area (Å²) in [5, 5.41) is 24.9. The fourth-order valence-electron chi connectivity index (χ4n) is 3.54. The summed E-state index contributed by atoms with van der Waals surface area (Å²) in [6.45, 7) is 0. The third-order valence-electron chi connectivity index (χ3n) is 5.37. The number of nitrogens with two attached hydrogens (primary N) is 1. The Balaban J connectivity index is 2.00. The van der Waals surface area contributed by atoms with E-state index in [1.807, 2.05) is 0 Å². The minimum absolute atomic E-state index is 0.219. The predicted molar refractivity (Wildman–Crippen MR) is 146 cm³/mol.